The summed E-state index contributed by atoms with van der Waals surface area (Å²) in [5.41, 5.74) is 0.0357. The van der Waals surface area contributed by atoms with Gasteiger partial charge in [-0.3, -0.25) is 0 Å². The molecular weight excluding hydrogens is 255 g/mol. The van der Waals surface area contributed by atoms with Gasteiger partial charge in [0.15, 0.2) is 5.57 Å². The van der Waals surface area contributed by atoms with Crippen LogP contribution in [0.15, 0.2) is 11.3 Å². The van der Waals surface area contributed by atoms with Gasteiger partial charge in [-0.2, -0.15) is 10.5 Å². The second kappa shape index (κ2) is 4.97. The van der Waals surface area contributed by atoms with E-state index in [0.29, 0.717) is 5.76 Å². The maximum atomic E-state index is 8.40. The second-order valence-electron chi connectivity index (χ2n) is 1.82. The predicted octanol–water partition coefficient (Wildman–Crippen LogP) is 2.11. The van der Waals surface area contributed by atoms with Crippen LogP contribution in [-0.4, -0.2) is 4.11 Å². The molecule has 0 aliphatic rings. The van der Waals surface area contributed by atoms with Crippen LogP contribution < -0.4 is 0 Å². The third-order valence-electron chi connectivity index (χ3n) is 0.915. The van der Waals surface area contributed by atoms with E-state index >= 15 is 0 Å². The lowest BCUT2D eigenvalue weighted by Gasteiger charge is -2.06. The molecule has 4 heteroatoms. The molecule has 0 radical (unpaired) electrons. The first kappa shape index (κ1) is 10.2. The zero-order valence-electron chi connectivity index (χ0n) is 6.26. The van der Waals surface area contributed by atoms with Gasteiger partial charge in [-0.15, -0.1) is 0 Å². The highest BCUT2D eigenvalue weighted by molar-refractivity contribution is 14.1. The van der Waals surface area contributed by atoms with Crippen LogP contribution >= 0.6 is 22.6 Å². The smallest absolute Gasteiger partial charge is 0.166 e. The number of hydrogen-bond acceptors (Lipinski definition) is 3. The Bertz CT molecular complexity index is 228. The van der Waals surface area contributed by atoms with Gasteiger partial charge >= 0.3 is 0 Å². The van der Waals surface area contributed by atoms with Crippen LogP contribution in [0.4, 0.5) is 0 Å². The van der Waals surface area contributed by atoms with Gasteiger partial charge in [0.05, 0.1) is 0 Å². The Morgan fingerprint density at radius 3 is 2.18 bits per heavy atom. The Labute approximate surface area is 79.4 Å². The van der Waals surface area contributed by atoms with Crippen molar-refractivity contribution in [1.29, 1.82) is 10.5 Å². The van der Waals surface area contributed by atoms with E-state index in [1.165, 1.54) is 0 Å². The Hall–Kier alpha value is -0.750. The van der Waals surface area contributed by atoms with Crippen molar-refractivity contribution in [2.45, 2.75) is 18.0 Å². The monoisotopic (exact) mass is 262 g/mol. The highest BCUT2D eigenvalue weighted by atomic mass is 127. The normalized spacial score (nSPS) is 10.6. The van der Waals surface area contributed by atoms with E-state index in [-0.39, 0.29) is 9.68 Å². The fourth-order valence-corrected chi connectivity index (χ4v) is 0.866. The summed E-state index contributed by atoms with van der Waals surface area (Å²) in [6, 6.07) is 3.49. The molecule has 0 N–H and O–H groups in total. The Kier molecular flexibility index (Phi) is 4.64. The lowest BCUT2D eigenvalue weighted by Crippen LogP contribution is -1.97. The van der Waals surface area contributed by atoms with Crippen molar-refractivity contribution >= 4 is 22.6 Å². The number of nitriles is 2. The second-order valence-corrected chi connectivity index (χ2v) is 3.57. The maximum Gasteiger partial charge on any atom is 0.166 e. The molecule has 0 saturated carbocycles. The van der Waals surface area contributed by atoms with Crippen LogP contribution in [-0.2, 0) is 4.74 Å². The first-order valence-electron chi connectivity index (χ1n) is 2.93. The van der Waals surface area contributed by atoms with Crippen LogP contribution in [0.25, 0.3) is 0 Å². The van der Waals surface area contributed by atoms with Crippen LogP contribution in [0.3, 0.4) is 0 Å². The van der Waals surface area contributed by atoms with E-state index in [0.717, 1.165) is 0 Å². The Morgan fingerprint density at radius 1 is 1.45 bits per heavy atom. The summed E-state index contributed by atoms with van der Waals surface area (Å²) in [6.45, 7) is 3.44. The first-order valence-corrected chi connectivity index (χ1v) is 4.18. The summed E-state index contributed by atoms with van der Waals surface area (Å²) >= 11 is 2.05. The highest BCUT2D eigenvalue weighted by Gasteiger charge is 2.03. The lowest BCUT2D eigenvalue weighted by atomic mass is 10.3. The molecule has 0 rings (SSSR count). The van der Waals surface area contributed by atoms with Crippen molar-refractivity contribution in [3.8, 4) is 12.1 Å². The quantitative estimate of drug-likeness (QED) is 0.331. The number of rotatable bonds is 2. The largest absolute Gasteiger partial charge is 0.483 e. The molecule has 0 aliphatic heterocycles. The average molecular weight is 262 g/mol. The Morgan fingerprint density at radius 2 is 1.91 bits per heavy atom. The number of ether oxygens (including phenoxy) is 1. The van der Waals surface area contributed by atoms with Crippen molar-refractivity contribution in [1.82, 2.24) is 0 Å². The van der Waals surface area contributed by atoms with Crippen molar-refractivity contribution in [2.75, 3.05) is 0 Å². The van der Waals surface area contributed by atoms with Gasteiger partial charge in [-0.05, 0) is 36.4 Å². The summed E-state index contributed by atoms with van der Waals surface area (Å²) in [6.07, 6.45) is 0. The predicted molar refractivity (Wildman–Crippen MR) is 48.5 cm³/mol. The maximum absolute atomic E-state index is 8.40. The van der Waals surface area contributed by atoms with Gasteiger partial charge in [0.1, 0.15) is 22.0 Å². The van der Waals surface area contributed by atoms with Gasteiger partial charge in [-0.25, -0.2) is 0 Å². The zero-order valence-corrected chi connectivity index (χ0v) is 8.42. The summed E-state index contributed by atoms with van der Waals surface area (Å²) in [5.74, 6) is 0.386. The first-order chi connectivity index (χ1) is 5.11. The molecule has 3 nitrogen and oxygen atoms in total. The molecule has 0 saturated heterocycles. The molecule has 0 aromatic rings. The number of alkyl halides is 1. The van der Waals surface area contributed by atoms with Crippen LogP contribution in [0.2, 0.25) is 0 Å². The highest BCUT2D eigenvalue weighted by Crippen LogP contribution is 2.10. The van der Waals surface area contributed by atoms with E-state index in [1.54, 1.807) is 19.1 Å². The van der Waals surface area contributed by atoms with Gasteiger partial charge in [-0.1, -0.05) is 0 Å². The van der Waals surface area contributed by atoms with Gasteiger partial charge in [0, 0.05) is 0 Å². The van der Waals surface area contributed by atoms with Gasteiger partial charge in [0.25, 0.3) is 0 Å². The molecule has 0 bridgehead atoms. The molecule has 0 aromatic carbocycles. The minimum absolute atomic E-state index is 0.0238. The van der Waals surface area contributed by atoms with E-state index in [9.17, 15) is 0 Å². The molecular formula is C7H7IN2O. The summed E-state index contributed by atoms with van der Waals surface area (Å²) in [7, 11) is 0. The molecule has 0 spiro atoms. The summed E-state index contributed by atoms with van der Waals surface area (Å²) in [4.78, 5) is 0. The zero-order chi connectivity index (χ0) is 8.85. The third kappa shape index (κ3) is 3.84. The lowest BCUT2D eigenvalue weighted by molar-refractivity contribution is 0.214. The number of halogens is 1. The minimum atomic E-state index is -0.0238. The number of hydrogen-bond donors (Lipinski definition) is 0. The van der Waals surface area contributed by atoms with Crippen molar-refractivity contribution in [3.63, 3.8) is 0 Å². The van der Waals surface area contributed by atoms with E-state index in [2.05, 4.69) is 0 Å². The molecule has 1 atom stereocenters. The topological polar surface area (TPSA) is 56.8 Å². The molecule has 0 aromatic heterocycles. The van der Waals surface area contributed by atoms with Crippen molar-refractivity contribution < 1.29 is 4.74 Å². The van der Waals surface area contributed by atoms with Gasteiger partial charge in [0.2, 0.25) is 0 Å². The van der Waals surface area contributed by atoms with Crippen LogP contribution in [0.5, 0.6) is 0 Å². The SMILES string of the molecule is CC(OC(C)I)=C(C#N)C#N. The summed E-state index contributed by atoms with van der Waals surface area (Å²) < 4.78 is 5.09. The Balaban J connectivity index is 4.43. The molecule has 0 amide bonds. The van der Waals surface area contributed by atoms with Crippen molar-refractivity contribution in [2.24, 2.45) is 0 Å². The van der Waals surface area contributed by atoms with Crippen LogP contribution in [0.1, 0.15) is 13.8 Å². The molecule has 58 valence electrons. The third-order valence-corrected chi connectivity index (χ3v) is 1.17. The molecule has 0 heterocycles. The van der Waals surface area contributed by atoms with E-state index < -0.39 is 0 Å². The molecule has 11 heavy (non-hydrogen) atoms. The van der Waals surface area contributed by atoms with Gasteiger partial charge < -0.3 is 4.74 Å². The van der Waals surface area contributed by atoms with Crippen LogP contribution in [0, 0.1) is 22.7 Å². The summed E-state index contributed by atoms with van der Waals surface area (Å²) in [5, 5.41) is 16.8. The number of nitrogens with zero attached hydrogens (tertiary/aromatic N) is 2. The average Bonchev–Trinajstić information content (AvgIpc) is 1.88. The van der Waals surface area contributed by atoms with Crippen molar-refractivity contribution in [3.05, 3.63) is 11.3 Å². The minimum Gasteiger partial charge on any atom is -0.483 e. The van der Waals surface area contributed by atoms with E-state index in [1.807, 2.05) is 29.5 Å². The molecule has 0 aliphatic carbocycles. The van der Waals surface area contributed by atoms with E-state index in [4.69, 9.17) is 15.3 Å². The fraction of sp³-hybridized carbons (Fsp3) is 0.429. The number of allylic oxidation sites excluding steroid dienone is 2. The molecule has 1 unspecified atom stereocenters. The standard InChI is InChI=1S/C7H7IN2O/c1-5(11-6(2)8)7(3-9)4-10/h6H,1-2H3. The molecule has 0 fully saturated rings. The fourth-order valence-electron chi connectivity index (χ4n) is 0.485.